The van der Waals surface area contributed by atoms with E-state index in [4.69, 9.17) is 5.11 Å². The SMILES string of the molecule is O=C(O)/C=C(/Cn1cnc(-c2cc(C(F)(F)F)cc(C(F)(F)F)c2)n1)c1cncnc1. The van der Waals surface area contributed by atoms with Crippen LogP contribution in [-0.4, -0.2) is 35.8 Å². The number of carbonyl (C=O) groups is 1. The maximum Gasteiger partial charge on any atom is 0.416 e. The molecule has 0 saturated heterocycles. The van der Waals surface area contributed by atoms with Crippen molar-refractivity contribution in [1.29, 1.82) is 0 Å². The van der Waals surface area contributed by atoms with E-state index in [0.29, 0.717) is 17.7 Å². The lowest BCUT2D eigenvalue weighted by atomic mass is 10.0. The molecule has 0 bridgehead atoms. The minimum atomic E-state index is -5.01. The van der Waals surface area contributed by atoms with Crippen molar-refractivity contribution in [3.05, 3.63) is 66.0 Å². The Labute approximate surface area is 169 Å². The predicted molar refractivity (Wildman–Crippen MR) is 93.1 cm³/mol. The molecule has 3 rings (SSSR count). The molecule has 1 aromatic carbocycles. The highest BCUT2D eigenvalue weighted by molar-refractivity contribution is 5.89. The van der Waals surface area contributed by atoms with E-state index in [-0.39, 0.29) is 18.2 Å². The van der Waals surface area contributed by atoms with Gasteiger partial charge in [-0.25, -0.2) is 24.4 Å². The van der Waals surface area contributed by atoms with Crippen LogP contribution in [0.2, 0.25) is 0 Å². The third kappa shape index (κ3) is 5.43. The van der Waals surface area contributed by atoms with Gasteiger partial charge in [-0.3, -0.25) is 0 Å². The Morgan fingerprint density at radius 1 is 1.00 bits per heavy atom. The Morgan fingerprint density at radius 2 is 1.58 bits per heavy atom. The van der Waals surface area contributed by atoms with Crippen molar-refractivity contribution in [3.8, 4) is 11.4 Å². The number of nitrogens with zero attached hydrogens (tertiary/aromatic N) is 5. The molecule has 0 atom stereocenters. The topological polar surface area (TPSA) is 93.8 Å². The molecule has 0 spiro atoms. The molecule has 0 unspecified atom stereocenters. The van der Waals surface area contributed by atoms with Gasteiger partial charge in [-0.05, 0) is 23.8 Å². The van der Waals surface area contributed by atoms with Crippen LogP contribution in [0.1, 0.15) is 16.7 Å². The summed E-state index contributed by atoms with van der Waals surface area (Å²) in [5, 5.41) is 12.9. The molecule has 2 heterocycles. The number of carboxylic acids is 1. The van der Waals surface area contributed by atoms with Crippen molar-refractivity contribution in [3.63, 3.8) is 0 Å². The number of halogens is 6. The van der Waals surface area contributed by atoms with Gasteiger partial charge >= 0.3 is 18.3 Å². The van der Waals surface area contributed by atoms with Crippen LogP contribution in [0, 0.1) is 0 Å². The number of carboxylic acid groups (broad SMARTS) is 1. The first kappa shape index (κ1) is 21.9. The van der Waals surface area contributed by atoms with Crippen LogP contribution in [0.5, 0.6) is 0 Å². The van der Waals surface area contributed by atoms with Crippen LogP contribution in [0.15, 0.2) is 49.3 Å². The molecule has 31 heavy (non-hydrogen) atoms. The van der Waals surface area contributed by atoms with Crippen LogP contribution in [0.25, 0.3) is 17.0 Å². The monoisotopic (exact) mass is 443 g/mol. The van der Waals surface area contributed by atoms with E-state index in [9.17, 15) is 31.1 Å². The lowest BCUT2D eigenvalue weighted by Crippen LogP contribution is -2.11. The van der Waals surface area contributed by atoms with Gasteiger partial charge in [0.15, 0.2) is 5.82 Å². The van der Waals surface area contributed by atoms with E-state index >= 15 is 0 Å². The number of hydrogen-bond acceptors (Lipinski definition) is 5. The summed E-state index contributed by atoms with van der Waals surface area (Å²) in [5.74, 6) is -1.68. The minimum absolute atomic E-state index is 0.00357. The fourth-order valence-electron chi connectivity index (χ4n) is 2.60. The van der Waals surface area contributed by atoms with Crippen LogP contribution >= 0.6 is 0 Å². The molecule has 0 fully saturated rings. The first-order valence-electron chi connectivity index (χ1n) is 8.31. The second-order valence-corrected chi connectivity index (χ2v) is 6.20. The molecule has 0 aliphatic carbocycles. The summed E-state index contributed by atoms with van der Waals surface area (Å²) in [7, 11) is 0. The van der Waals surface area contributed by atoms with Gasteiger partial charge in [0.2, 0.25) is 0 Å². The molecule has 0 aliphatic rings. The number of hydrogen-bond donors (Lipinski definition) is 1. The standard InChI is InChI=1S/C18H11F6N5O2/c19-17(20,21)13-1-10(2-14(4-13)18(22,23)24)16-27-9-29(28-16)7-11(3-15(30)31)12-5-25-8-26-6-12/h1-6,8-9H,7H2,(H,30,31)/b11-3-. The Kier molecular flexibility index (Phi) is 5.77. The van der Waals surface area contributed by atoms with Crippen molar-refractivity contribution in [1.82, 2.24) is 24.7 Å². The Hall–Kier alpha value is -3.77. The molecule has 0 aliphatic heterocycles. The first-order valence-corrected chi connectivity index (χ1v) is 8.31. The highest BCUT2D eigenvalue weighted by Gasteiger charge is 2.37. The van der Waals surface area contributed by atoms with Gasteiger partial charge in [0.05, 0.1) is 17.7 Å². The molecular formula is C18H11F6N5O2. The molecule has 1 N–H and O–H groups in total. The molecule has 0 saturated carbocycles. The lowest BCUT2D eigenvalue weighted by molar-refractivity contribution is -0.143. The molecular weight excluding hydrogens is 432 g/mol. The third-order valence-electron chi connectivity index (χ3n) is 3.94. The van der Waals surface area contributed by atoms with Crippen LogP contribution in [0.3, 0.4) is 0 Å². The summed E-state index contributed by atoms with van der Waals surface area (Å²) in [6, 6.07) is 1.02. The minimum Gasteiger partial charge on any atom is -0.478 e. The van der Waals surface area contributed by atoms with Crippen LogP contribution in [0.4, 0.5) is 26.3 Å². The number of alkyl halides is 6. The van der Waals surface area contributed by atoms with E-state index in [1.54, 1.807) is 0 Å². The highest BCUT2D eigenvalue weighted by Crippen LogP contribution is 2.38. The predicted octanol–water partition coefficient (Wildman–Crippen LogP) is 3.94. The van der Waals surface area contributed by atoms with E-state index in [1.807, 2.05) is 0 Å². The normalized spacial score (nSPS) is 12.8. The van der Waals surface area contributed by atoms with Crippen molar-refractivity contribution in [2.45, 2.75) is 18.9 Å². The molecule has 3 aromatic rings. The Morgan fingerprint density at radius 3 is 2.10 bits per heavy atom. The maximum atomic E-state index is 13.0. The zero-order valence-corrected chi connectivity index (χ0v) is 15.2. The molecule has 2 aromatic heterocycles. The highest BCUT2D eigenvalue weighted by atomic mass is 19.4. The van der Waals surface area contributed by atoms with Gasteiger partial charge < -0.3 is 5.11 Å². The van der Waals surface area contributed by atoms with E-state index in [1.165, 1.54) is 18.7 Å². The van der Waals surface area contributed by atoms with Gasteiger partial charge in [0, 0.05) is 29.6 Å². The molecule has 0 amide bonds. The summed E-state index contributed by atoms with van der Waals surface area (Å²) in [6.45, 7) is -0.197. The van der Waals surface area contributed by atoms with Gasteiger partial charge in [-0.2, -0.15) is 31.4 Å². The van der Waals surface area contributed by atoms with Gasteiger partial charge in [-0.1, -0.05) is 0 Å². The largest absolute Gasteiger partial charge is 0.478 e. The molecule has 162 valence electrons. The summed E-state index contributed by atoms with van der Waals surface area (Å²) >= 11 is 0. The zero-order chi connectivity index (χ0) is 22.8. The lowest BCUT2D eigenvalue weighted by Gasteiger charge is -2.13. The van der Waals surface area contributed by atoms with Crippen molar-refractivity contribution >= 4 is 11.5 Å². The summed E-state index contributed by atoms with van der Waals surface area (Å²) < 4.78 is 79.4. The molecule has 0 radical (unpaired) electrons. The second kappa shape index (κ2) is 8.16. The Bertz CT molecular complexity index is 1090. The van der Waals surface area contributed by atoms with Gasteiger partial charge in [0.25, 0.3) is 0 Å². The Balaban J connectivity index is 1.99. The second-order valence-electron chi connectivity index (χ2n) is 6.20. The summed E-state index contributed by atoms with van der Waals surface area (Å²) in [5.41, 5.74) is -2.97. The van der Waals surface area contributed by atoms with Crippen molar-refractivity contribution in [2.75, 3.05) is 0 Å². The fourth-order valence-corrected chi connectivity index (χ4v) is 2.60. The number of aromatic nitrogens is 5. The van der Waals surface area contributed by atoms with Crippen LogP contribution < -0.4 is 0 Å². The number of benzene rings is 1. The van der Waals surface area contributed by atoms with E-state index in [0.717, 1.165) is 17.1 Å². The van der Waals surface area contributed by atoms with Crippen molar-refractivity contribution in [2.24, 2.45) is 0 Å². The average molecular weight is 443 g/mol. The van der Waals surface area contributed by atoms with Crippen LogP contribution in [-0.2, 0) is 23.7 Å². The van der Waals surface area contributed by atoms with E-state index < -0.39 is 40.8 Å². The number of rotatable bonds is 5. The smallest absolute Gasteiger partial charge is 0.416 e. The quantitative estimate of drug-likeness (QED) is 0.474. The average Bonchev–Trinajstić information content (AvgIpc) is 3.15. The van der Waals surface area contributed by atoms with Crippen molar-refractivity contribution < 1.29 is 36.2 Å². The van der Waals surface area contributed by atoms with E-state index in [2.05, 4.69) is 20.1 Å². The number of aliphatic carboxylic acids is 1. The van der Waals surface area contributed by atoms with Gasteiger partial charge in [0.1, 0.15) is 12.7 Å². The third-order valence-corrected chi connectivity index (χ3v) is 3.94. The molecule has 13 heteroatoms. The summed E-state index contributed by atoms with van der Waals surface area (Å²) in [4.78, 5) is 22.4. The van der Waals surface area contributed by atoms with Gasteiger partial charge in [-0.15, -0.1) is 0 Å². The maximum absolute atomic E-state index is 13.0. The zero-order valence-electron chi connectivity index (χ0n) is 15.2. The fraction of sp³-hybridized carbons (Fsp3) is 0.167. The number of allylic oxidation sites excluding steroid dienone is 1. The summed E-state index contributed by atoms with van der Waals surface area (Å²) in [6.07, 6.45) is -4.22. The first-order chi connectivity index (χ1) is 14.4. The molecule has 7 nitrogen and oxygen atoms in total.